The van der Waals surface area contributed by atoms with E-state index in [1.165, 1.54) is 0 Å². The van der Waals surface area contributed by atoms with Gasteiger partial charge in [0.15, 0.2) is 0 Å². The van der Waals surface area contributed by atoms with Gasteiger partial charge in [-0.25, -0.2) is 0 Å². The lowest BCUT2D eigenvalue weighted by Gasteiger charge is -2.19. The molecule has 1 aliphatic rings. The van der Waals surface area contributed by atoms with Gasteiger partial charge in [0.1, 0.15) is 11.9 Å². The van der Waals surface area contributed by atoms with Gasteiger partial charge in [0, 0.05) is 0 Å². The van der Waals surface area contributed by atoms with Gasteiger partial charge in [0.05, 0.1) is 12.1 Å². The Bertz CT molecular complexity index is 455. The summed E-state index contributed by atoms with van der Waals surface area (Å²) in [6, 6.07) is 7.93. The summed E-state index contributed by atoms with van der Waals surface area (Å²) in [4.78, 5) is 11.8. The van der Waals surface area contributed by atoms with Gasteiger partial charge in [-0.1, -0.05) is 19.1 Å². The zero-order chi connectivity index (χ0) is 13.9. The molecule has 1 amide bonds. The number of rotatable bonds is 6. The molecule has 0 heterocycles. The second-order valence-electron chi connectivity index (χ2n) is 5.33. The van der Waals surface area contributed by atoms with E-state index in [9.17, 15) is 4.79 Å². The molecule has 1 unspecified atom stereocenters. The van der Waals surface area contributed by atoms with Crippen LogP contribution in [0.15, 0.2) is 24.3 Å². The van der Waals surface area contributed by atoms with Crippen LogP contribution < -0.4 is 15.8 Å². The van der Waals surface area contributed by atoms with Gasteiger partial charge >= 0.3 is 0 Å². The molecule has 4 heteroatoms. The van der Waals surface area contributed by atoms with Gasteiger partial charge in [-0.05, 0) is 43.9 Å². The summed E-state index contributed by atoms with van der Waals surface area (Å²) < 4.78 is 5.87. The Hall–Kier alpha value is -1.55. The Kier molecular flexibility index (Phi) is 4.10. The van der Waals surface area contributed by atoms with Gasteiger partial charge in [0.25, 0.3) is 0 Å². The summed E-state index contributed by atoms with van der Waals surface area (Å²) in [5.41, 5.74) is 6.39. The SMILES string of the molecule is CCC(CNC(=O)C1(N)CC1)Oc1cccc(C)c1. The quantitative estimate of drug-likeness (QED) is 0.821. The molecule has 2 rings (SSSR count). The van der Waals surface area contributed by atoms with Gasteiger partial charge in [-0.15, -0.1) is 0 Å². The second kappa shape index (κ2) is 5.61. The molecule has 0 radical (unpaired) electrons. The van der Waals surface area contributed by atoms with Crippen LogP contribution in [0.4, 0.5) is 0 Å². The zero-order valence-corrected chi connectivity index (χ0v) is 11.6. The number of amides is 1. The fourth-order valence-corrected chi connectivity index (χ4v) is 1.89. The maximum atomic E-state index is 11.8. The minimum atomic E-state index is -0.609. The fraction of sp³-hybridized carbons (Fsp3) is 0.533. The van der Waals surface area contributed by atoms with Crippen molar-refractivity contribution in [3.8, 4) is 5.75 Å². The normalized spacial score (nSPS) is 17.6. The number of hydrogen-bond donors (Lipinski definition) is 2. The van der Waals surface area contributed by atoms with Crippen molar-refractivity contribution in [2.24, 2.45) is 5.73 Å². The lowest BCUT2D eigenvalue weighted by Crippen LogP contribution is -2.46. The van der Waals surface area contributed by atoms with E-state index >= 15 is 0 Å². The number of aryl methyl sites for hydroxylation is 1. The molecule has 104 valence electrons. The molecule has 0 bridgehead atoms. The molecule has 0 aromatic heterocycles. The van der Waals surface area contributed by atoms with Crippen molar-refractivity contribution in [1.82, 2.24) is 5.32 Å². The number of nitrogens with two attached hydrogens (primary N) is 1. The van der Waals surface area contributed by atoms with E-state index in [-0.39, 0.29) is 12.0 Å². The largest absolute Gasteiger partial charge is 0.489 e. The molecule has 1 saturated carbocycles. The Morgan fingerprint density at radius 3 is 2.84 bits per heavy atom. The van der Waals surface area contributed by atoms with Crippen LogP contribution in [0.2, 0.25) is 0 Å². The third kappa shape index (κ3) is 3.70. The molecule has 1 aromatic rings. The predicted molar refractivity (Wildman–Crippen MR) is 75.0 cm³/mol. The summed E-state index contributed by atoms with van der Waals surface area (Å²) in [6.07, 6.45) is 2.39. The van der Waals surface area contributed by atoms with Gasteiger partial charge in [0.2, 0.25) is 5.91 Å². The molecule has 1 fully saturated rings. The van der Waals surface area contributed by atoms with Crippen molar-refractivity contribution in [1.29, 1.82) is 0 Å². The number of benzene rings is 1. The summed E-state index contributed by atoms with van der Waals surface area (Å²) in [5.74, 6) is 0.786. The molecule has 0 saturated heterocycles. The van der Waals surface area contributed by atoms with Crippen molar-refractivity contribution in [3.05, 3.63) is 29.8 Å². The molecular formula is C15H22N2O2. The maximum Gasteiger partial charge on any atom is 0.240 e. The van der Waals surface area contributed by atoms with E-state index < -0.39 is 5.54 Å². The summed E-state index contributed by atoms with van der Waals surface area (Å²) in [6.45, 7) is 4.57. The minimum Gasteiger partial charge on any atom is -0.489 e. The Morgan fingerprint density at radius 1 is 1.53 bits per heavy atom. The molecule has 0 aliphatic heterocycles. The first kappa shape index (κ1) is 13.9. The molecule has 4 nitrogen and oxygen atoms in total. The topological polar surface area (TPSA) is 64.4 Å². The van der Waals surface area contributed by atoms with Crippen LogP contribution in [0.5, 0.6) is 5.75 Å². The lowest BCUT2D eigenvalue weighted by molar-refractivity contribution is -0.123. The molecule has 0 spiro atoms. The third-order valence-electron chi connectivity index (χ3n) is 3.48. The Morgan fingerprint density at radius 2 is 2.26 bits per heavy atom. The van der Waals surface area contributed by atoms with Crippen molar-refractivity contribution in [2.75, 3.05) is 6.54 Å². The average molecular weight is 262 g/mol. The highest BCUT2D eigenvalue weighted by atomic mass is 16.5. The highest BCUT2D eigenvalue weighted by Crippen LogP contribution is 2.32. The number of ether oxygens (including phenoxy) is 1. The number of carbonyl (C=O) groups excluding carboxylic acids is 1. The molecule has 1 atom stereocenters. The Labute approximate surface area is 114 Å². The predicted octanol–water partition coefficient (Wildman–Crippen LogP) is 1.76. The smallest absolute Gasteiger partial charge is 0.240 e. The van der Waals surface area contributed by atoms with E-state index in [1.54, 1.807) is 0 Å². The minimum absolute atomic E-state index is 0.0203. The van der Waals surface area contributed by atoms with Crippen LogP contribution in [0, 0.1) is 6.92 Å². The van der Waals surface area contributed by atoms with Crippen molar-refractivity contribution < 1.29 is 9.53 Å². The first-order valence-corrected chi connectivity index (χ1v) is 6.84. The van der Waals surface area contributed by atoms with Crippen molar-refractivity contribution in [2.45, 2.75) is 44.8 Å². The second-order valence-corrected chi connectivity index (χ2v) is 5.33. The van der Waals surface area contributed by atoms with Crippen molar-refractivity contribution in [3.63, 3.8) is 0 Å². The number of nitrogens with one attached hydrogen (secondary N) is 1. The van der Waals surface area contributed by atoms with E-state index in [0.717, 1.165) is 30.6 Å². The van der Waals surface area contributed by atoms with Crippen LogP contribution in [0.25, 0.3) is 0 Å². The summed E-state index contributed by atoms with van der Waals surface area (Å²) in [5, 5.41) is 2.88. The molecule has 1 aromatic carbocycles. The van der Waals surface area contributed by atoms with Crippen molar-refractivity contribution >= 4 is 5.91 Å². The summed E-state index contributed by atoms with van der Waals surface area (Å²) >= 11 is 0. The van der Waals surface area contributed by atoms with Crippen LogP contribution in [-0.2, 0) is 4.79 Å². The van der Waals surface area contributed by atoms with E-state index in [0.29, 0.717) is 6.54 Å². The maximum absolute atomic E-state index is 11.8. The van der Waals surface area contributed by atoms with Gasteiger partial charge < -0.3 is 15.8 Å². The van der Waals surface area contributed by atoms with Crippen LogP contribution in [0.1, 0.15) is 31.7 Å². The number of carbonyl (C=O) groups is 1. The first-order chi connectivity index (χ1) is 9.03. The molecule has 1 aliphatic carbocycles. The van der Waals surface area contributed by atoms with Crippen LogP contribution >= 0.6 is 0 Å². The molecule has 19 heavy (non-hydrogen) atoms. The average Bonchev–Trinajstić information content (AvgIpc) is 3.13. The van der Waals surface area contributed by atoms with E-state index in [2.05, 4.69) is 5.32 Å². The number of hydrogen-bond acceptors (Lipinski definition) is 3. The highest BCUT2D eigenvalue weighted by molar-refractivity contribution is 5.88. The lowest BCUT2D eigenvalue weighted by atomic mass is 10.2. The highest BCUT2D eigenvalue weighted by Gasteiger charge is 2.45. The zero-order valence-electron chi connectivity index (χ0n) is 11.6. The first-order valence-electron chi connectivity index (χ1n) is 6.84. The van der Waals surface area contributed by atoms with E-state index in [4.69, 9.17) is 10.5 Å². The Balaban J connectivity index is 1.84. The van der Waals surface area contributed by atoms with Gasteiger partial charge in [-0.2, -0.15) is 0 Å². The third-order valence-corrected chi connectivity index (χ3v) is 3.48. The monoisotopic (exact) mass is 262 g/mol. The molecular weight excluding hydrogens is 240 g/mol. The fourth-order valence-electron chi connectivity index (χ4n) is 1.89. The van der Waals surface area contributed by atoms with E-state index in [1.807, 2.05) is 38.1 Å². The molecule has 3 N–H and O–H groups in total. The van der Waals surface area contributed by atoms with Gasteiger partial charge in [-0.3, -0.25) is 4.79 Å². The van der Waals surface area contributed by atoms with Crippen LogP contribution in [0.3, 0.4) is 0 Å². The summed E-state index contributed by atoms with van der Waals surface area (Å²) in [7, 11) is 0. The standard InChI is InChI=1S/C15H22N2O2/c1-3-12(10-17-14(18)15(16)7-8-15)19-13-6-4-5-11(2)9-13/h4-6,9,12H,3,7-8,10,16H2,1-2H3,(H,17,18). The van der Waals surface area contributed by atoms with Crippen LogP contribution in [-0.4, -0.2) is 24.1 Å².